The van der Waals surface area contributed by atoms with Gasteiger partial charge >= 0.3 is 0 Å². The van der Waals surface area contributed by atoms with Gasteiger partial charge in [-0.1, -0.05) is 6.92 Å². The first-order chi connectivity index (χ1) is 9.07. The number of nitrogens with two attached hydrogens (primary N) is 1. The standard InChI is InChI=1S/C12H25N7/c1-6-9(4)18(5)11-14-10(17-13)15-12(16-11)19(7-2)8-3/h9H,6-8,13H2,1-5H3,(H,14,15,16,17). The summed E-state index contributed by atoms with van der Waals surface area (Å²) in [6, 6.07) is 0.359. The highest BCUT2D eigenvalue weighted by molar-refractivity contribution is 5.44. The molecule has 1 aromatic heterocycles. The molecule has 1 aromatic rings. The van der Waals surface area contributed by atoms with Crippen LogP contribution in [0.2, 0.25) is 0 Å². The van der Waals surface area contributed by atoms with Crippen LogP contribution < -0.4 is 21.1 Å². The molecule has 3 N–H and O–H groups in total. The smallest absolute Gasteiger partial charge is 0.243 e. The third-order valence-corrected chi connectivity index (χ3v) is 3.35. The second-order valence-electron chi connectivity index (χ2n) is 4.44. The number of hydrogen-bond acceptors (Lipinski definition) is 7. The van der Waals surface area contributed by atoms with Crippen molar-refractivity contribution in [3.05, 3.63) is 0 Å². The lowest BCUT2D eigenvalue weighted by Gasteiger charge is -2.26. The molecule has 0 saturated carbocycles. The van der Waals surface area contributed by atoms with Crippen LogP contribution in [0.15, 0.2) is 0 Å². The molecule has 1 unspecified atom stereocenters. The van der Waals surface area contributed by atoms with Gasteiger partial charge in [0.25, 0.3) is 0 Å². The molecule has 0 amide bonds. The second-order valence-corrected chi connectivity index (χ2v) is 4.44. The van der Waals surface area contributed by atoms with Crippen LogP contribution in [-0.4, -0.2) is 41.1 Å². The molecule has 0 radical (unpaired) electrons. The first-order valence-corrected chi connectivity index (χ1v) is 6.77. The van der Waals surface area contributed by atoms with E-state index in [0.29, 0.717) is 23.9 Å². The van der Waals surface area contributed by atoms with E-state index in [1.165, 1.54) is 0 Å². The third kappa shape index (κ3) is 3.66. The molecule has 108 valence electrons. The molecule has 7 heteroatoms. The van der Waals surface area contributed by atoms with Gasteiger partial charge in [-0.15, -0.1) is 0 Å². The van der Waals surface area contributed by atoms with Crippen LogP contribution in [0.25, 0.3) is 0 Å². The quantitative estimate of drug-likeness (QED) is 0.568. The van der Waals surface area contributed by atoms with Crippen LogP contribution in [-0.2, 0) is 0 Å². The summed E-state index contributed by atoms with van der Waals surface area (Å²) in [6.07, 6.45) is 1.02. The number of aromatic nitrogens is 3. The number of hydrogen-bond donors (Lipinski definition) is 2. The zero-order valence-corrected chi connectivity index (χ0v) is 12.5. The van der Waals surface area contributed by atoms with Crippen molar-refractivity contribution in [2.75, 3.05) is 35.4 Å². The number of nitrogens with one attached hydrogen (secondary N) is 1. The first kappa shape index (κ1) is 15.4. The summed E-state index contributed by atoms with van der Waals surface area (Å²) in [5.41, 5.74) is 2.51. The molecule has 0 aliphatic heterocycles. The highest BCUT2D eigenvalue weighted by Gasteiger charge is 2.16. The fraction of sp³-hybridized carbons (Fsp3) is 0.750. The maximum atomic E-state index is 5.44. The largest absolute Gasteiger partial charge is 0.341 e. The molecule has 1 atom stereocenters. The van der Waals surface area contributed by atoms with Gasteiger partial charge in [0.1, 0.15) is 0 Å². The molecular formula is C12H25N7. The maximum Gasteiger partial charge on any atom is 0.243 e. The first-order valence-electron chi connectivity index (χ1n) is 6.77. The van der Waals surface area contributed by atoms with Gasteiger partial charge in [-0.3, -0.25) is 5.43 Å². The summed E-state index contributed by atoms with van der Waals surface area (Å²) in [7, 11) is 1.98. The van der Waals surface area contributed by atoms with E-state index < -0.39 is 0 Å². The van der Waals surface area contributed by atoms with Crippen molar-refractivity contribution in [2.24, 2.45) is 5.84 Å². The van der Waals surface area contributed by atoms with Gasteiger partial charge in [-0.25, -0.2) is 5.84 Å². The molecule has 0 saturated heterocycles. The Labute approximate surface area is 115 Å². The predicted octanol–water partition coefficient (Wildman–Crippen LogP) is 1.24. The Morgan fingerprint density at radius 2 is 1.68 bits per heavy atom. The molecule has 0 fully saturated rings. The Balaban J connectivity index is 3.14. The highest BCUT2D eigenvalue weighted by atomic mass is 15.4. The van der Waals surface area contributed by atoms with Gasteiger partial charge in [-0.05, 0) is 27.2 Å². The Bertz CT molecular complexity index is 392. The third-order valence-electron chi connectivity index (χ3n) is 3.35. The summed E-state index contributed by atoms with van der Waals surface area (Å²) in [4.78, 5) is 17.2. The average molecular weight is 267 g/mol. The van der Waals surface area contributed by atoms with E-state index in [4.69, 9.17) is 5.84 Å². The normalized spacial score (nSPS) is 12.1. The van der Waals surface area contributed by atoms with E-state index in [9.17, 15) is 0 Å². The van der Waals surface area contributed by atoms with Crippen molar-refractivity contribution in [1.82, 2.24) is 15.0 Å². The van der Waals surface area contributed by atoms with Gasteiger partial charge in [0.05, 0.1) is 0 Å². The van der Waals surface area contributed by atoms with Gasteiger partial charge in [0.15, 0.2) is 0 Å². The fourth-order valence-corrected chi connectivity index (χ4v) is 1.70. The lowest BCUT2D eigenvalue weighted by Crippen LogP contribution is -2.32. The zero-order valence-electron chi connectivity index (χ0n) is 12.5. The van der Waals surface area contributed by atoms with E-state index in [-0.39, 0.29) is 0 Å². The minimum Gasteiger partial charge on any atom is -0.341 e. The van der Waals surface area contributed by atoms with Crippen molar-refractivity contribution in [3.8, 4) is 0 Å². The minimum atomic E-state index is 0.359. The SMILES string of the molecule is CCC(C)N(C)c1nc(NN)nc(N(CC)CC)n1. The van der Waals surface area contributed by atoms with Crippen LogP contribution in [0.4, 0.5) is 17.8 Å². The van der Waals surface area contributed by atoms with Gasteiger partial charge in [-0.2, -0.15) is 15.0 Å². The Morgan fingerprint density at radius 1 is 1.11 bits per heavy atom. The predicted molar refractivity (Wildman–Crippen MR) is 79.4 cm³/mol. The van der Waals surface area contributed by atoms with Crippen molar-refractivity contribution in [2.45, 2.75) is 40.2 Å². The number of nitrogens with zero attached hydrogens (tertiary/aromatic N) is 5. The fourth-order valence-electron chi connectivity index (χ4n) is 1.70. The van der Waals surface area contributed by atoms with E-state index >= 15 is 0 Å². The van der Waals surface area contributed by atoms with Crippen molar-refractivity contribution < 1.29 is 0 Å². The molecule has 1 heterocycles. The highest BCUT2D eigenvalue weighted by Crippen LogP contribution is 2.17. The topological polar surface area (TPSA) is 83.2 Å². The second kappa shape index (κ2) is 7.08. The molecule has 1 rings (SSSR count). The average Bonchev–Trinajstić information content (AvgIpc) is 2.46. The summed E-state index contributed by atoms with van der Waals surface area (Å²) >= 11 is 0. The molecule has 0 aliphatic rings. The lowest BCUT2D eigenvalue weighted by molar-refractivity contribution is 0.645. The van der Waals surface area contributed by atoms with E-state index in [0.717, 1.165) is 19.5 Å². The van der Waals surface area contributed by atoms with Crippen molar-refractivity contribution in [3.63, 3.8) is 0 Å². The molecule has 7 nitrogen and oxygen atoms in total. The monoisotopic (exact) mass is 267 g/mol. The van der Waals surface area contributed by atoms with Gasteiger partial charge in [0, 0.05) is 26.2 Å². The number of nitrogen functional groups attached to an aromatic ring is 1. The molecule has 0 spiro atoms. The summed E-state index contributed by atoms with van der Waals surface area (Å²) in [5, 5.41) is 0. The molecule has 0 aromatic carbocycles. The van der Waals surface area contributed by atoms with E-state index in [2.05, 4.69) is 53.0 Å². The molecule has 19 heavy (non-hydrogen) atoms. The maximum absolute atomic E-state index is 5.44. The Morgan fingerprint density at radius 3 is 2.16 bits per heavy atom. The Kier molecular flexibility index (Phi) is 5.75. The van der Waals surface area contributed by atoms with Crippen LogP contribution >= 0.6 is 0 Å². The van der Waals surface area contributed by atoms with Crippen LogP contribution in [0.3, 0.4) is 0 Å². The number of rotatable bonds is 7. The van der Waals surface area contributed by atoms with Gasteiger partial charge in [0.2, 0.25) is 17.8 Å². The van der Waals surface area contributed by atoms with E-state index in [1.54, 1.807) is 0 Å². The molecular weight excluding hydrogens is 242 g/mol. The van der Waals surface area contributed by atoms with Crippen molar-refractivity contribution >= 4 is 17.8 Å². The minimum absolute atomic E-state index is 0.359. The number of anilines is 3. The summed E-state index contributed by atoms with van der Waals surface area (Å²) in [6.45, 7) is 10.1. The molecule has 0 bridgehead atoms. The number of hydrazine groups is 1. The zero-order chi connectivity index (χ0) is 14.4. The van der Waals surface area contributed by atoms with Gasteiger partial charge < -0.3 is 9.80 Å². The summed E-state index contributed by atoms with van der Waals surface area (Å²) in [5.74, 6) is 7.12. The van der Waals surface area contributed by atoms with Crippen molar-refractivity contribution in [1.29, 1.82) is 0 Å². The summed E-state index contributed by atoms with van der Waals surface area (Å²) < 4.78 is 0. The van der Waals surface area contributed by atoms with E-state index in [1.807, 2.05) is 11.9 Å². The van der Waals surface area contributed by atoms with Crippen LogP contribution in [0.5, 0.6) is 0 Å². The lowest BCUT2D eigenvalue weighted by atomic mass is 10.2. The Hall–Kier alpha value is -1.63. The molecule has 0 aliphatic carbocycles. The van der Waals surface area contributed by atoms with Crippen LogP contribution in [0, 0.1) is 0 Å². The van der Waals surface area contributed by atoms with Crippen LogP contribution in [0.1, 0.15) is 34.1 Å².